The van der Waals surface area contributed by atoms with E-state index in [1.54, 1.807) is 0 Å². The maximum Gasteiger partial charge on any atom is 0.0497 e. The third-order valence-electron chi connectivity index (χ3n) is 1.84. The van der Waals surface area contributed by atoms with Crippen molar-refractivity contribution < 1.29 is 0 Å². The summed E-state index contributed by atoms with van der Waals surface area (Å²) >= 11 is 2.60. The summed E-state index contributed by atoms with van der Waals surface area (Å²) in [5, 5.41) is 0. The largest absolute Gasteiger partial charge is 0.0693 e. The summed E-state index contributed by atoms with van der Waals surface area (Å²) in [4.78, 5) is 1.11. The lowest BCUT2D eigenvalue weighted by Gasteiger charge is -2.36. The van der Waals surface area contributed by atoms with Gasteiger partial charge in [-0.3, -0.25) is 0 Å². The van der Waals surface area contributed by atoms with E-state index in [2.05, 4.69) is 61.3 Å². The molecule has 1 unspecified atom stereocenters. The molecule has 0 N–H and O–H groups in total. The third kappa shape index (κ3) is 4.39. The summed E-state index contributed by atoms with van der Waals surface area (Å²) in [7, 11) is -1.71. The molecule has 0 aromatic rings. The Bertz CT molecular complexity index is 111. The first-order valence-electron chi connectivity index (χ1n) is 4.06. The molecule has 11 heavy (non-hydrogen) atoms. The molecule has 1 atom stereocenters. The van der Waals surface area contributed by atoms with Crippen molar-refractivity contribution in [3.63, 3.8) is 0 Å². The fourth-order valence-corrected chi connectivity index (χ4v) is 31.5. The van der Waals surface area contributed by atoms with Crippen LogP contribution in [-0.2, 0) is 0 Å². The minimum absolute atomic E-state index is 0.855. The molecule has 68 valence electrons. The molecule has 4 heteroatoms. The van der Waals surface area contributed by atoms with Crippen LogP contribution in [0.5, 0.6) is 0 Å². The van der Waals surface area contributed by atoms with Gasteiger partial charge in [0.05, 0.1) is 0 Å². The Kier molecular flexibility index (Phi) is 4.81. The minimum atomic E-state index is -0.855. The van der Waals surface area contributed by atoms with E-state index in [9.17, 15) is 0 Å². The molecule has 0 aliphatic heterocycles. The molecule has 0 heterocycles. The molecule has 0 aromatic carbocycles. The van der Waals surface area contributed by atoms with Crippen molar-refractivity contribution in [2.75, 3.05) is 0 Å². The smallest absolute Gasteiger partial charge is 0.0497 e. The minimum Gasteiger partial charge on any atom is -0.0693 e. The summed E-state index contributed by atoms with van der Waals surface area (Å²) in [5.41, 5.74) is 0. The maximum atomic E-state index is 2.60. The molecular formula is C7H20IPSi2. The lowest BCUT2D eigenvalue weighted by molar-refractivity contribution is 1.47. The first kappa shape index (κ1) is 12.6. The van der Waals surface area contributed by atoms with E-state index in [-0.39, 0.29) is 0 Å². The second-order valence-corrected chi connectivity index (χ2v) is 20.3. The van der Waals surface area contributed by atoms with Crippen molar-refractivity contribution >= 4 is 44.4 Å². The highest BCUT2D eigenvalue weighted by Crippen LogP contribution is 2.40. The van der Waals surface area contributed by atoms with E-state index >= 15 is 0 Å². The Morgan fingerprint density at radius 2 is 1.18 bits per heavy atom. The Balaban J connectivity index is 4.43. The van der Waals surface area contributed by atoms with Crippen molar-refractivity contribution in [1.29, 1.82) is 0 Å². The molecule has 0 saturated heterocycles. The van der Waals surface area contributed by atoms with Crippen LogP contribution >= 0.6 is 28.3 Å². The topological polar surface area (TPSA) is 0 Å². The van der Waals surface area contributed by atoms with E-state index in [1.807, 2.05) is 0 Å². The Labute approximate surface area is 88.2 Å². The molecule has 0 aromatic heterocycles. The van der Waals surface area contributed by atoms with Gasteiger partial charge in [0.1, 0.15) is 0 Å². The van der Waals surface area contributed by atoms with Gasteiger partial charge < -0.3 is 0 Å². The zero-order valence-corrected chi connectivity index (χ0v) is 13.6. The summed E-state index contributed by atoms with van der Waals surface area (Å²) in [5.74, 6) is 0. The van der Waals surface area contributed by atoms with Crippen molar-refractivity contribution in [1.82, 2.24) is 0 Å². The van der Waals surface area contributed by atoms with Gasteiger partial charge in [-0.2, -0.15) is 0 Å². The molecule has 0 radical (unpaired) electrons. The van der Waals surface area contributed by atoms with Crippen LogP contribution in [0.3, 0.4) is 0 Å². The van der Waals surface area contributed by atoms with Crippen LogP contribution in [-0.4, -0.2) is 21.1 Å². The summed E-state index contributed by atoms with van der Waals surface area (Å²) in [6, 6.07) is 0. The lowest BCUT2D eigenvalue weighted by atomic mass is 11.7. The zero-order valence-electron chi connectivity index (χ0n) is 8.46. The SMILES string of the molecule is C[Si](C)(C)C(PI)[Si](C)(C)C. The summed E-state index contributed by atoms with van der Waals surface area (Å²) in [6.07, 6.45) is 1.15. The average molecular weight is 318 g/mol. The average Bonchev–Trinajstić information content (AvgIpc) is 1.56. The van der Waals surface area contributed by atoms with Crippen LogP contribution in [0.2, 0.25) is 39.3 Å². The molecular weight excluding hydrogens is 298 g/mol. The Morgan fingerprint density at radius 1 is 0.909 bits per heavy atom. The highest BCUT2D eigenvalue weighted by atomic mass is 127. The molecule has 0 nitrogen and oxygen atoms in total. The Morgan fingerprint density at radius 3 is 1.18 bits per heavy atom. The van der Waals surface area contributed by atoms with Gasteiger partial charge in [-0.05, 0) is 4.91 Å². The van der Waals surface area contributed by atoms with E-state index in [0.29, 0.717) is 0 Å². The molecule has 0 spiro atoms. The van der Waals surface area contributed by atoms with Crippen LogP contribution in [0.1, 0.15) is 0 Å². The quantitative estimate of drug-likeness (QED) is 0.417. The summed E-state index contributed by atoms with van der Waals surface area (Å²) in [6.45, 7) is 15.1. The van der Waals surface area contributed by atoms with Crippen molar-refractivity contribution in [2.24, 2.45) is 0 Å². The second kappa shape index (κ2) is 4.20. The van der Waals surface area contributed by atoms with Crippen LogP contribution in [0.15, 0.2) is 0 Å². The summed E-state index contributed by atoms with van der Waals surface area (Å²) < 4.78 is 0. The van der Waals surface area contributed by atoms with Crippen molar-refractivity contribution in [3.05, 3.63) is 0 Å². The molecule has 0 amide bonds. The molecule has 0 aliphatic carbocycles. The number of hydrogen-bond donors (Lipinski definition) is 0. The Hall–Kier alpha value is 1.59. The second-order valence-electron chi connectivity index (χ2n) is 5.27. The number of rotatable bonds is 3. The van der Waals surface area contributed by atoms with Crippen LogP contribution in [0.25, 0.3) is 0 Å². The fraction of sp³-hybridized carbons (Fsp3) is 1.00. The standard InChI is InChI=1S/C7H20IPSi2/c1-10(2,3)7(9-8)11(4,5)6/h7,9H,1-6H3. The van der Waals surface area contributed by atoms with Crippen LogP contribution < -0.4 is 0 Å². The molecule has 0 saturated carbocycles. The van der Waals surface area contributed by atoms with Gasteiger partial charge in [0, 0.05) is 16.1 Å². The predicted octanol–water partition coefficient (Wildman–Crippen LogP) is 4.14. The van der Waals surface area contributed by atoms with Crippen LogP contribution in [0.4, 0.5) is 0 Å². The highest BCUT2D eigenvalue weighted by Gasteiger charge is 2.36. The van der Waals surface area contributed by atoms with Gasteiger partial charge in [0.15, 0.2) is 0 Å². The first-order chi connectivity index (χ1) is 4.69. The van der Waals surface area contributed by atoms with Gasteiger partial charge in [-0.25, -0.2) is 0 Å². The van der Waals surface area contributed by atoms with Gasteiger partial charge >= 0.3 is 0 Å². The van der Waals surface area contributed by atoms with Gasteiger partial charge in [0.2, 0.25) is 0 Å². The van der Waals surface area contributed by atoms with E-state index < -0.39 is 16.1 Å². The van der Waals surface area contributed by atoms with E-state index in [1.165, 1.54) is 0 Å². The highest BCUT2D eigenvalue weighted by molar-refractivity contribution is 14.2. The van der Waals surface area contributed by atoms with Crippen LogP contribution in [0, 0.1) is 0 Å². The van der Waals surface area contributed by atoms with E-state index in [0.717, 1.165) is 11.1 Å². The predicted molar refractivity (Wildman–Crippen MR) is 72.8 cm³/mol. The fourth-order valence-electron chi connectivity index (χ4n) is 1.63. The molecule has 0 bridgehead atoms. The van der Waals surface area contributed by atoms with Gasteiger partial charge in [-0.15, -0.1) is 0 Å². The maximum absolute atomic E-state index is 2.60. The zero-order chi connectivity index (χ0) is 9.28. The normalized spacial score (nSPS) is 15.3. The van der Waals surface area contributed by atoms with E-state index in [4.69, 9.17) is 0 Å². The lowest BCUT2D eigenvalue weighted by Crippen LogP contribution is -2.50. The third-order valence-corrected chi connectivity index (χ3v) is 22.2. The number of halogens is 1. The van der Waals surface area contributed by atoms with Crippen molar-refractivity contribution in [3.8, 4) is 0 Å². The number of hydrogen-bond acceptors (Lipinski definition) is 0. The first-order valence-corrected chi connectivity index (χ1v) is 15.4. The van der Waals surface area contributed by atoms with Gasteiger partial charge in [-0.1, -0.05) is 67.5 Å². The van der Waals surface area contributed by atoms with Gasteiger partial charge in [0.25, 0.3) is 0 Å². The molecule has 0 rings (SSSR count). The van der Waals surface area contributed by atoms with Crippen molar-refractivity contribution in [2.45, 2.75) is 44.2 Å². The molecule has 0 fully saturated rings. The molecule has 0 aliphatic rings. The monoisotopic (exact) mass is 318 g/mol.